The van der Waals surface area contributed by atoms with Gasteiger partial charge in [-0.15, -0.1) is 0 Å². The van der Waals surface area contributed by atoms with E-state index in [4.69, 9.17) is 0 Å². The Labute approximate surface area is 95.2 Å². The van der Waals surface area contributed by atoms with Gasteiger partial charge in [0.05, 0.1) is 0 Å². The van der Waals surface area contributed by atoms with Crippen molar-refractivity contribution in [1.29, 1.82) is 0 Å². The largest absolute Gasteiger partial charge is 0.300 e. The lowest BCUT2D eigenvalue weighted by Crippen LogP contribution is -2.48. The fraction of sp³-hybridized carbons (Fsp3) is 1.00. The summed E-state index contributed by atoms with van der Waals surface area (Å²) in [4.78, 5) is 2.79. The molecule has 0 spiro atoms. The van der Waals surface area contributed by atoms with Crippen LogP contribution in [-0.4, -0.2) is 24.0 Å². The topological polar surface area (TPSA) is 3.24 Å². The Morgan fingerprint density at radius 1 is 1.00 bits per heavy atom. The van der Waals surface area contributed by atoms with Gasteiger partial charge in [0.15, 0.2) is 0 Å². The first kappa shape index (κ1) is 11.4. The third kappa shape index (κ3) is 2.38. The van der Waals surface area contributed by atoms with E-state index < -0.39 is 0 Å². The summed E-state index contributed by atoms with van der Waals surface area (Å²) in [6.45, 7) is 7.39. The SMILES string of the molecule is CCC1CCCN(CC)C1C1CCCC1. The number of piperidine rings is 1. The van der Waals surface area contributed by atoms with E-state index in [1.165, 1.54) is 58.0 Å². The third-order valence-electron chi connectivity index (χ3n) is 4.74. The van der Waals surface area contributed by atoms with Gasteiger partial charge in [-0.2, -0.15) is 0 Å². The van der Waals surface area contributed by atoms with Crippen LogP contribution in [0.25, 0.3) is 0 Å². The minimum atomic E-state index is 0.941. The molecule has 1 heterocycles. The molecule has 0 amide bonds. The maximum absolute atomic E-state index is 2.79. The standard InChI is InChI=1S/C14H27N/c1-3-12-10-7-11-15(4-2)14(12)13-8-5-6-9-13/h12-14H,3-11H2,1-2H3. The Morgan fingerprint density at radius 3 is 2.33 bits per heavy atom. The highest BCUT2D eigenvalue weighted by atomic mass is 15.2. The lowest BCUT2D eigenvalue weighted by Gasteiger charge is -2.44. The van der Waals surface area contributed by atoms with E-state index in [2.05, 4.69) is 18.7 Å². The van der Waals surface area contributed by atoms with Crippen LogP contribution in [0.4, 0.5) is 0 Å². The lowest BCUT2D eigenvalue weighted by molar-refractivity contribution is 0.0530. The fourth-order valence-corrected chi connectivity index (χ4v) is 3.97. The van der Waals surface area contributed by atoms with Crippen molar-refractivity contribution < 1.29 is 0 Å². The zero-order valence-corrected chi connectivity index (χ0v) is 10.5. The minimum Gasteiger partial charge on any atom is -0.300 e. The minimum absolute atomic E-state index is 0.941. The summed E-state index contributed by atoms with van der Waals surface area (Å²) >= 11 is 0. The fourth-order valence-electron chi connectivity index (χ4n) is 3.97. The second-order valence-corrected chi connectivity index (χ2v) is 5.47. The third-order valence-corrected chi connectivity index (χ3v) is 4.74. The average molecular weight is 209 g/mol. The van der Waals surface area contributed by atoms with Crippen LogP contribution < -0.4 is 0 Å². The highest BCUT2D eigenvalue weighted by molar-refractivity contribution is 4.90. The second kappa shape index (κ2) is 5.34. The molecule has 0 aromatic rings. The van der Waals surface area contributed by atoms with Gasteiger partial charge in [-0.05, 0) is 50.6 Å². The van der Waals surface area contributed by atoms with Crippen molar-refractivity contribution >= 4 is 0 Å². The molecule has 2 fully saturated rings. The molecule has 1 aliphatic carbocycles. The molecular weight excluding hydrogens is 182 g/mol. The van der Waals surface area contributed by atoms with Gasteiger partial charge in [0, 0.05) is 6.04 Å². The van der Waals surface area contributed by atoms with Crippen molar-refractivity contribution in [2.24, 2.45) is 11.8 Å². The molecule has 1 aliphatic heterocycles. The Bertz CT molecular complexity index is 169. The molecule has 2 unspecified atom stereocenters. The van der Waals surface area contributed by atoms with Gasteiger partial charge < -0.3 is 4.90 Å². The molecule has 15 heavy (non-hydrogen) atoms. The predicted molar refractivity (Wildman–Crippen MR) is 66.0 cm³/mol. The summed E-state index contributed by atoms with van der Waals surface area (Å²) in [5.74, 6) is 2.04. The first-order chi connectivity index (χ1) is 7.36. The van der Waals surface area contributed by atoms with Crippen LogP contribution in [0.2, 0.25) is 0 Å². The Kier molecular flexibility index (Phi) is 4.07. The zero-order chi connectivity index (χ0) is 10.7. The molecule has 88 valence electrons. The van der Waals surface area contributed by atoms with Gasteiger partial charge in [-0.3, -0.25) is 0 Å². The molecular formula is C14H27N. The monoisotopic (exact) mass is 209 g/mol. The molecule has 0 N–H and O–H groups in total. The number of rotatable bonds is 3. The first-order valence-corrected chi connectivity index (χ1v) is 7.10. The van der Waals surface area contributed by atoms with Gasteiger partial charge in [0.2, 0.25) is 0 Å². The van der Waals surface area contributed by atoms with Crippen LogP contribution in [-0.2, 0) is 0 Å². The van der Waals surface area contributed by atoms with Crippen molar-refractivity contribution in [1.82, 2.24) is 4.90 Å². The van der Waals surface area contributed by atoms with Crippen molar-refractivity contribution in [3.63, 3.8) is 0 Å². The lowest BCUT2D eigenvalue weighted by atomic mass is 9.79. The van der Waals surface area contributed by atoms with Crippen LogP contribution in [0.3, 0.4) is 0 Å². The van der Waals surface area contributed by atoms with Gasteiger partial charge in [-0.25, -0.2) is 0 Å². The normalized spacial score (nSPS) is 34.8. The molecule has 2 aliphatic rings. The molecule has 1 nitrogen and oxygen atoms in total. The van der Waals surface area contributed by atoms with E-state index in [1.807, 2.05) is 0 Å². The molecule has 1 heteroatoms. The van der Waals surface area contributed by atoms with Crippen molar-refractivity contribution in [3.05, 3.63) is 0 Å². The Morgan fingerprint density at radius 2 is 1.73 bits per heavy atom. The quantitative estimate of drug-likeness (QED) is 0.685. The highest BCUT2D eigenvalue weighted by Gasteiger charge is 2.36. The highest BCUT2D eigenvalue weighted by Crippen LogP contribution is 2.38. The molecule has 0 aromatic carbocycles. The summed E-state index contributed by atoms with van der Waals surface area (Å²) in [6, 6.07) is 0.941. The number of hydrogen-bond donors (Lipinski definition) is 0. The maximum atomic E-state index is 2.79. The summed E-state index contributed by atoms with van der Waals surface area (Å²) in [5, 5.41) is 0. The van der Waals surface area contributed by atoms with Crippen LogP contribution in [0.5, 0.6) is 0 Å². The van der Waals surface area contributed by atoms with E-state index in [-0.39, 0.29) is 0 Å². The summed E-state index contributed by atoms with van der Waals surface area (Å²) in [5.41, 5.74) is 0. The van der Waals surface area contributed by atoms with E-state index >= 15 is 0 Å². The van der Waals surface area contributed by atoms with Crippen molar-refractivity contribution in [3.8, 4) is 0 Å². The molecule has 2 atom stereocenters. The zero-order valence-electron chi connectivity index (χ0n) is 10.5. The number of hydrogen-bond acceptors (Lipinski definition) is 1. The first-order valence-electron chi connectivity index (χ1n) is 7.10. The van der Waals surface area contributed by atoms with E-state index in [0.717, 1.165) is 17.9 Å². The van der Waals surface area contributed by atoms with Crippen LogP contribution in [0, 0.1) is 11.8 Å². The van der Waals surface area contributed by atoms with Crippen LogP contribution in [0.1, 0.15) is 58.8 Å². The van der Waals surface area contributed by atoms with Gasteiger partial charge >= 0.3 is 0 Å². The predicted octanol–water partition coefficient (Wildman–Crippen LogP) is 3.69. The summed E-state index contributed by atoms with van der Waals surface area (Å²) < 4.78 is 0. The smallest absolute Gasteiger partial charge is 0.0151 e. The Balaban J connectivity index is 2.05. The van der Waals surface area contributed by atoms with Gasteiger partial charge in [-0.1, -0.05) is 33.1 Å². The van der Waals surface area contributed by atoms with E-state index in [1.54, 1.807) is 0 Å². The van der Waals surface area contributed by atoms with Crippen molar-refractivity contribution in [2.45, 2.75) is 64.8 Å². The van der Waals surface area contributed by atoms with Crippen LogP contribution >= 0.6 is 0 Å². The average Bonchev–Trinajstić information content (AvgIpc) is 2.81. The van der Waals surface area contributed by atoms with E-state index in [9.17, 15) is 0 Å². The Hall–Kier alpha value is -0.0400. The number of nitrogens with zero attached hydrogens (tertiary/aromatic N) is 1. The summed E-state index contributed by atoms with van der Waals surface area (Å²) in [7, 11) is 0. The molecule has 2 rings (SSSR count). The summed E-state index contributed by atoms with van der Waals surface area (Å²) in [6.07, 6.45) is 10.3. The van der Waals surface area contributed by atoms with Gasteiger partial charge in [0.25, 0.3) is 0 Å². The molecule has 1 saturated heterocycles. The molecule has 0 bridgehead atoms. The second-order valence-electron chi connectivity index (χ2n) is 5.47. The maximum Gasteiger partial charge on any atom is 0.0151 e. The molecule has 1 saturated carbocycles. The van der Waals surface area contributed by atoms with E-state index in [0.29, 0.717) is 0 Å². The van der Waals surface area contributed by atoms with Gasteiger partial charge in [0.1, 0.15) is 0 Å². The molecule has 0 aromatic heterocycles. The van der Waals surface area contributed by atoms with Crippen LogP contribution in [0.15, 0.2) is 0 Å². The van der Waals surface area contributed by atoms with Crippen molar-refractivity contribution in [2.75, 3.05) is 13.1 Å². The number of likely N-dealkylation sites (tertiary alicyclic amines) is 1. The molecule has 0 radical (unpaired) electrons.